The first-order chi connectivity index (χ1) is 12.2. The van der Waals surface area contributed by atoms with Gasteiger partial charge < -0.3 is 10.6 Å². The Kier molecular flexibility index (Phi) is 5.10. The first kappa shape index (κ1) is 17.1. The van der Waals surface area contributed by atoms with E-state index in [0.717, 1.165) is 45.3 Å². The molecule has 7 heteroatoms. The Morgan fingerprint density at radius 2 is 2.28 bits per heavy atom. The molecule has 1 atom stereocenters. The van der Waals surface area contributed by atoms with Crippen molar-refractivity contribution in [2.75, 3.05) is 19.6 Å². The third kappa shape index (κ3) is 4.25. The van der Waals surface area contributed by atoms with Crippen molar-refractivity contribution in [2.45, 2.75) is 44.8 Å². The van der Waals surface area contributed by atoms with Gasteiger partial charge in [0.25, 0.3) is 0 Å². The fourth-order valence-electron chi connectivity index (χ4n) is 3.35. The number of fused-ring (bicyclic) bond motifs is 1. The average Bonchev–Trinajstić information content (AvgIpc) is 3.21. The van der Waals surface area contributed by atoms with Crippen LogP contribution in [-0.2, 0) is 6.54 Å². The highest BCUT2D eigenvalue weighted by atomic mass is 35.5. The summed E-state index contributed by atoms with van der Waals surface area (Å²) in [5.41, 5.74) is 0.955. The summed E-state index contributed by atoms with van der Waals surface area (Å²) >= 11 is 7.72. The molecule has 1 unspecified atom stereocenters. The lowest BCUT2D eigenvalue weighted by Gasteiger charge is -2.18. The molecule has 1 aliphatic heterocycles. The summed E-state index contributed by atoms with van der Waals surface area (Å²) in [5, 5.41) is 8.69. The van der Waals surface area contributed by atoms with Crippen molar-refractivity contribution in [3.63, 3.8) is 0 Å². The minimum atomic E-state index is 0.493. The van der Waals surface area contributed by atoms with Crippen LogP contribution in [0, 0.1) is 0 Å². The van der Waals surface area contributed by atoms with Crippen LogP contribution in [0.25, 0.3) is 10.2 Å². The number of hydrogen-bond donors (Lipinski definition) is 2. The zero-order chi connectivity index (χ0) is 17.2. The topological polar surface area (TPSA) is 52.6 Å². The molecule has 0 spiro atoms. The molecule has 0 radical (unpaired) electrons. The average molecular weight is 378 g/mol. The van der Waals surface area contributed by atoms with Gasteiger partial charge in [-0.3, -0.25) is 4.90 Å². The van der Waals surface area contributed by atoms with Gasteiger partial charge in [0.2, 0.25) is 0 Å². The SMILES string of the molecule is CCNC(=NCc1nc2cc(Cl)ccc2s1)NC1CCN(C2CC2)C1. The molecule has 2 N–H and O–H groups in total. The number of hydrogen-bond acceptors (Lipinski definition) is 4. The van der Waals surface area contributed by atoms with Crippen molar-refractivity contribution in [3.05, 3.63) is 28.2 Å². The third-order valence-electron chi connectivity index (χ3n) is 4.73. The molecule has 1 saturated heterocycles. The maximum atomic E-state index is 6.04. The zero-order valence-electron chi connectivity index (χ0n) is 14.5. The zero-order valence-corrected chi connectivity index (χ0v) is 16.0. The number of benzene rings is 1. The number of nitrogens with one attached hydrogen (secondary N) is 2. The van der Waals surface area contributed by atoms with E-state index in [2.05, 4.69) is 27.4 Å². The summed E-state index contributed by atoms with van der Waals surface area (Å²) in [6.45, 7) is 5.89. The van der Waals surface area contributed by atoms with E-state index in [-0.39, 0.29) is 0 Å². The van der Waals surface area contributed by atoms with Crippen molar-refractivity contribution >= 4 is 39.1 Å². The van der Waals surface area contributed by atoms with E-state index in [0.29, 0.717) is 12.6 Å². The minimum absolute atomic E-state index is 0.493. The highest BCUT2D eigenvalue weighted by Gasteiger charge is 2.34. The normalized spacial score (nSPS) is 21.8. The standard InChI is InChI=1S/C18H24ClN5S/c1-2-20-18(22-13-7-8-24(11-13)14-4-5-14)21-10-17-23-15-9-12(19)3-6-16(15)25-17/h3,6,9,13-14H,2,4-5,7-8,10-11H2,1H3,(H2,20,21,22). The molecule has 0 amide bonds. The molecule has 2 aromatic rings. The van der Waals surface area contributed by atoms with E-state index in [9.17, 15) is 0 Å². The molecule has 5 nitrogen and oxygen atoms in total. The molecule has 4 rings (SSSR count). The number of aliphatic imine (C=N–C) groups is 1. The Morgan fingerprint density at radius 3 is 3.08 bits per heavy atom. The molecule has 134 valence electrons. The molecule has 1 aliphatic carbocycles. The molecule has 2 aliphatic rings. The molecule has 1 saturated carbocycles. The van der Waals surface area contributed by atoms with Gasteiger partial charge in [-0.25, -0.2) is 9.98 Å². The van der Waals surface area contributed by atoms with Gasteiger partial charge in [-0.15, -0.1) is 11.3 Å². The Hall–Kier alpha value is -1.37. The number of aromatic nitrogens is 1. The van der Waals surface area contributed by atoms with Crippen molar-refractivity contribution in [2.24, 2.45) is 4.99 Å². The Labute approximate surface area is 157 Å². The molecule has 25 heavy (non-hydrogen) atoms. The highest BCUT2D eigenvalue weighted by Crippen LogP contribution is 2.29. The van der Waals surface area contributed by atoms with Crippen LogP contribution in [0.5, 0.6) is 0 Å². The minimum Gasteiger partial charge on any atom is -0.357 e. The number of rotatable bonds is 5. The summed E-state index contributed by atoms with van der Waals surface area (Å²) in [6.07, 6.45) is 3.95. The predicted octanol–water partition coefficient (Wildman–Crippen LogP) is 3.24. The van der Waals surface area contributed by atoms with Crippen LogP contribution in [-0.4, -0.2) is 47.6 Å². The second kappa shape index (κ2) is 7.48. The number of thiazole rings is 1. The maximum absolute atomic E-state index is 6.04. The van der Waals surface area contributed by atoms with Gasteiger partial charge in [-0.2, -0.15) is 0 Å². The molecule has 0 bridgehead atoms. The summed E-state index contributed by atoms with van der Waals surface area (Å²) in [7, 11) is 0. The first-order valence-corrected chi connectivity index (χ1v) is 10.2. The van der Waals surface area contributed by atoms with Crippen molar-refractivity contribution in [3.8, 4) is 0 Å². The largest absolute Gasteiger partial charge is 0.357 e. The fraction of sp³-hybridized carbons (Fsp3) is 0.556. The van der Waals surface area contributed by atoms with Crippen LogP contribution in [0.15, 0.2) is 23.2 Å². The van der Waals surface area contributed by atoms with Gasteiger partial charge in [0.05, 0.1) is 16.8 Å². The second-order valence-corrected chi connectivity index (χ2v) is 8.32. The van der Waals surface area contributed by atoms with Crippen LogP contribution in [0.2, 0.25) is 5.02 Å². The van der Waals surface area contributed by atoms with E-state index in [1.165, 1.54) is 25.8 Å². The Bertz CT molecular complexity index is 770. The first-order valence-electron chi connectivity index (χ1n) is 9.05. The predicted molar refractivity (Wildman–Crippen MR) is 106 cm³/mol. The summed E-state index contributed by atoms with van der Waals surface area (Å²) in [5.74, 6) is 0.891. The Balaban J connectivity index is 1.40. The van der Waals surface area contributed by atoms with Gasteiger partial charge in [-0.1, -0.05) is 11.6 Å². The van der Waals surface area contributed by atoms with Gasteiger partial charge >= 0.3 is 0 Å². The van der Waals surface area contributed by atoms with Crippen molar-refractivity contribution in [1.29, 1.82) is 0 Å². The monoisotopic (exact) mass is 377 g/mol. The quantitative estimate of drug-likeness (QED) is 0.620. The number of guanidine groups is 1. The maximum Gasteiger partial charge on any atom is 0.191 e. The van der Waals surface area contributed by atoms with Gasteiger partial charge in [0, 0.05) is 36.7 Å². The lowest BCUT2D eigenvalue weighted by Crippen LogP contribution is -2.44. The van der Waals surface area contributed by atoms with Gasteiger partial charge in [-0.05, 0) is 44.4 Å². The molecule has 1 aromatic carbocycles. The lowest BCUT2D eigenvalue weighted by molar-refractivity contribution is 0.321. The van der Waals surface area contributed by atoms with Crippen LogP contribution < -0.4 is 10.6 Å². The van der Waals surface area contributed by atoms with Crippen LogP contribution in [0.4, 0.5) is 0 Å². The van der Waals surface area contributed by atoms with E-state index < -0.39 is 0 Å². The second-order valence-electron chi connectivity index (χ2n) is 6.77. The Morgan fingerprint density at radius 1 is 1.40 bits per heavy atom. The van der Waals surface area contributed by atoms with E-state index in [4.69, 9.17) is 16.6 Å². The van der Waals surface area contributed by atoms with Gasteiger partial charge in [0.15, 0.2) is 5.96 Å². The summed E-state index contributed by atoms with van der Waals surface area (Å²) in [6, 6.07) is 7.19. The van der Waals surface area contributed by atoms with Crippen LogP contribution in [0.1, 0.15) is 31.2 Å². The highest BCUT2D eigenvalue weighted by molar-refractivity contribution is 7.18. The smallest absolute Gasteiger partial charge is 0.191 e. The van der Waals surface area contributed by atoms with Gasteiger partial charge in [0.1, 0.15) is 5.01 Å². The lowest BCUT2D eigenvalue weighted by atomic mass is 10.3. The van der Waals surface area contributed by atoms with Crippen LogP contribution in [0.3, 0.4) is 0 Å². The van der Waals surface area contributed by atoms with Crippen LogP contribution >= 0.6 is 22.9 Å². The van der Waals surface area contributed by atoms with Crippen molar-refractivity contribution in [1.82, 2.24) is 20.5 Å². The summed E-state index contributed by atoms with van der Waals surface area (Å²) < 4.78 is 1.16. The molecule has 1 aromatic heterocycles. The van der Waals surface area contributed by atoms with E-state index >= 15 is 0 Å². The third-order valence-corrected chi connectivity index (χ3v) is 5.99. The summed E-state index contributed by atoms with van der Waals surface area (Å²) in [4.78, 5) is 12.0. The fourth-order valence-corrected chi connectivity index (χ4v) is 4.39. The van der Waals surface area contributed by atoms with Crippen molar-refractivity contribution < 1.29 is 0 Å². The number of likely N-dealkylation sites (tertiary alicyclic amines) is 1. The molecule has 2 heterocycles. The molecular weight excluding hydrogens is 354 g/mol. The number of nitrogens with zero attached hydrogens (tertiary/aromatic N) is 3. The molecular formula is C18H24ClN5S. The molecule has 2 fully saturated rings. The van der Waals surface area contributed by atoms with E-state index in [1.807, 2.05) is 18.2 Å². The number of halogens is 1. The van der Waals surface area contributed by atoms with E-state index in [1.54, 1.807) is 11.3 Å².